The Morgan fingerprint density at radius 1 is 1.38 bits per heavy atom. The van der Waals surface area contributed by atoms with E-state index < -0.39 is 0 Å². The average Bonchev–Trinajstić information content (AvgIpc) is 2.29. The fraction of sp³-hybridized carbons (Fsp3) is 0.917. The Morgan fingerprint density at radius 2 is 2.00 bits per heavy atom. The van der Waals surface area contributed by atoms with E-state index in [1.54, 1.807) is 0 Å². The summed E-state index contributed by atoms with van der Waals surface area (Å²) in [6.45, 7) is 2.73. The second-order valence-electron chi connectivity index (χ2n) is 4.51. The molecule has 0 aromatic carbocycles. The Bertz CT molecular complexity index is 213. The van der Waals surface area contributed by atoms with Gasteiger partial charge in [-0.1, -0.05) is 0 Å². The molecule has 0 aromatic heterocycles. The summed E-state index contributed by atoms with van der Waals surface area (Å²) in [6.07, 6.45) is 4.74. The number of ether oxygens (including phenoxy) is 1. The number of rotatable bonds is 5. The smallest absolute Gasteiger partial charge is 0.320 e. The van der Waals surface area contributed by atoms with E-state index in [4.69, 9.17) is 4.74 Å². The van der Waals surface area contributed by atoms with Crippen LogP contribution < -0.4 is 5.32 Å². The summed E-state index contributed by atoms with van der Waals surface area (Å²) in [6, 6.07) is 1.20. The van der Waals surface area contributed by atoms with Gasteiger partial charge >= 0.3 is 5.97 Å². The van der Waals surface area contributed by atoms with Gasteiger partial charge in [-0.3, -0.25) is 9.69 Å². The fourth-order valence-electron chi connectivity index (χ4n) is 2.34. The van der Waals surface area contributed by atoms with Crippen LogP contribution in [0.2, 0.25) is 0 Å². The topological polar surface area (TPSA) is 41.6 Å². The van der Waals surface area contributed by atoms with Crippen molar-refractivity contribution in [1.82, 2.24) is 10.2 Å². The molecule has 0 aliphatic heterocycles. The molecule has 1 saturated carbocycles. The van der Waals surface area contributed by atoms with Crippen molar-refractivity contribution in [2.45, 2.75) is 44.7 Å². The van der Waals surface area contributed by atoms with Crippen LogP contribution in [0.1, 0.15) is 32.6 Å². The first-order valence-corrected chi connectivity index (χ1v) is 6.20. The van der Waals surface area contributed by atoms with Gasteiger partial charge in [0.25, 0.3) is 0 Å². The zero-order chi connectivity index (χ0) is 12.0. The molecule has 0 saturated heterocycles. The molecule has 1 N–H and O–H groups in total. The van der Waals surface area contributed by atoms with E-state index >= 15 is 0 Å². The highest BCUT2D eigenvalue weighted by Crippen LogP contribution is 2.21. The molecule has 0 heterocycles. The summed E-state index contributed by atoms with van der Waals surface area (Å²) >= 11 is 0. The average molecular weight is 228 g/mol. The second-order valence-corrected chi connectivity index (χ2v) is 4.51. The van der Waals surface area contributed by atoms with Crippen molar-refractivity contribution in [1.29, 1.82) is 0 Å². The van der Waals surface area contributed by atoms with Crippen LogP contribution in [0.4, 0.5) is 0 Å². The fourth-order valence-corrected chi connectivity index (χ4v) is 2.34. The molecule has 0 aromatic rings. The third-order valence-corrected chi connectivity index (χ3v) is 3.41. The number of carbonyl (C=O) groups excluding carboxylic acids is 1. The maximum atomic E-state index is 11.3. The summed E-state index contributed by atoms with van der Waals surface area (Å²) < 4.78 is 4.95. The molecule has 4 nitrogen and oxygen atoms in total. The summed E-state index contributed by atoms with van der Waals surface area (Å²) in [5.74, 6) is -0.110. The van der Waals surface area contributed by atoms with Crippen LogP contribution in [0.5, 0.6) is 0 Å². The lowest BCUT2D eigenvalue weighted by Gasteiger charge is -2.34. The van der Waals surface area contributed by atoms with Crippen molar-refractivity contribution in [3.8, 4) is 0 Å². The van der Waals surface area contributed by atoms with E-state index in [0.29, 0.717) is 25.2 Å². The molecule has 0 spiro atoms. The molecule has 0 radical (unpaired) electrons. The number of esters is 1. The van der Waals surface area contributed by atoms with E-state index in [1.165, 1.54) is 25.7 Å². The number of hydrogen-bond donors (Lipinski definition) is 1. The summed E-state index contributed by atoms with van der Waals surface area (Å²) in [5, 5.41) is 3.31. The molecule has 16 heavy (non-hydrogen) atoms. The maximum Gasteiger partial charge on any atom is 0.320 e. The van der Waals surface area contributed by atoms with Gasteiger partial charge in [0, 0.05) is 12.1 Å². The summed E-state index contributed by atoms with van der Waals surface area (Å²) in [4.78, 5) is 13.5. The van der Waals surface area contributed by atoms with Crippen LogP contribution in [0.3, 0.4) is 0 Å². The van der Waals surface area contributed by atoms with Crippen molar-refractivity contribution in [3.05, 3.63) is 0 Å². The van der Waals surface area contributed by atoms with Gasteiger partial charge in [-0.25, -0.2) is 0 Å². The zero-order valence-corrected chi connectivity index (χ0v) is 10.7. The molecule has 0 amide bonds. The largest absolute Gasteiger partial charge is 0.465 e. The van der Waals surface area contributed by atoms with Crippen molar-refractivity contribution in [2.24, 2.45) is 0 Å². The van der Waals surface area contributed by atoms with Crippen molar-refractivity contribution in [3.63, 3.8) is 0 Å². The van der Waals surface area contributed by atoms with Crippen molar-refractivity contribution < 1.29 is 9.53 Å². The number of nitrogens with one attached hydrogen (secondary N) is 1. The Labute approximate surface area is 98.3 Å². The van der Waals surface area contributed by atoms with Crippen molar-refractivity contribution in [2.75, 3.05) is 27.2 Å². The lowest BCUT2D eigenvalue weighted by molar-refractivity contribution is -0.144. The predicted octanol–water partition coefficient (Wildman–Crippen LogP) is 1.01. The Balaban J connectivity index is 2.27. The SMILES string of the molecule is CCOC(=O)CN(C)C1CCC(NC)CC1. The molecule has 1 fully saturated rings. The summed E-state index contributed by atoms with van der Waals surface area (Å²) in [5.41, 5.74) is 0. The van der Waals surface area contributed by atoms with E-state index in [9.17, 15) is 4.79 Å². The van der Waals surface area contributed by atoms with Gasteiger partial charge in [0.2, 0.25) is 0 Å². The highest BCUT2D eigenvalue weighted by atomic mass is 16.5. The van der Waals surface area contributed by atoms with Crippen molar-refractivity contribution >= 4 is 5.97 Å². The molecular formula is C12H24N2O2. The lowest BCUT2D eigenvalue weighted by atomic mass is 9.90. The van der Waals surface area contributed by atoms with Gasteiger partial charge < -0.3 is 10.1 Å². The van der Waals surface area contributed by atoms with E-state index in [-0.39, 0.29) is 5.97 Å². The van der Waals surface area contributed by atoms with Gasteiger partial charge in [0.1, 0.15) is 0 Å². The van der Waals surface area contributed by atoms with Crippen LogP contribution >= 0.6 is 0 Å². The van der Waals surface area contributed by atoms with E-state index in [1.807, 2.05) is 21.0 Å². The third kappa shape index (κ3) is 4.10. The molecule has 1 rings (SSSR count). The van der Waals surface area contributed by atoms with Gasteiger partial charge in [-0.2, -0.15) is 0 Å². The number of carbonyl (C=O) groups is 1. The quantitative estimate of drug-likeness (QED) is 0.713. The Morgan fingerprint density at radius 3 is 2.50 bits per heavy atom. The van der Waals surface area contributed by atoms with Gasteiger partial charge in [0.15, 0.2) is 0 Å². The third-order valence-electron chi connectivity index (χ3n) is 3.41. The number of hydrogen-bond acceptors (Lipinski definition) is 4. The van der Waals surface area contributed by atoms with Crippen LogP contribution in [0, 0.1) is 0 Å². The first-order valence-electron chi connectivity index (χ1n) is 6.20. The number of nitrogens with zero attached hydrogens (tertiary/aromatic N) is 1. The van der Waals surface area contributed by atoms with Crippen LogP contribution in [-0.4, -0.2) is 50.2 Å². The highest BCUT2D eigenvalue weighted by molar-refractivity contribution is 5.71. The van der Waals surface area contributed by atoms with Gasteiger partial charge in [-0.15, -0.1) is 0 Å². The molecule has 0 bridgehead atoms. The zero-order valence-electron chi connectivity index (χ0n) is 10.7. The molecule has 0 atom stereocenters. The van der Waals surface area contributed by atoms with Crippen LogP contribution in [-0.2, 0) is 9.53 Å². The van der Waals surface area contributed by atoms with E-state index in [0.717, 1.165) is 0 Å². The second kappa shape index (κ2) is 6.86. The standard InChI is InChI=1S/C12H24N2O2/c1-4-16-12(15)9-14(3)11-7-5-10(13-2)6-8-11/h10-11,13H,4-9H2,1-3H3. The normalized spacial score (nSPS) is 25.8. The highest BCUT2D eigenvalue weighted by Gasteiger charge is 2.24. The maximum absolute atomic E-state index is 11.3. The minimum atomic E-state index is -0.110. The molecule has 1 aliphatic carbocycles. The first-order chi connectivity index (χ1) is 7.67. The minimum absolute atomic E-state index is 0.110. The van der Waals surface area contributed by atoms with Crippen LogP contribution in [0.25, 0.3) is 0 Å². The molecule has 0 unspecified atom stereocenters. The molecule has 4 heteroatoms. The molecule has 1 aliphatic rings. The van der Waals surface area contributed by atoms with Gasteiger partial charge in [0.05, 0.1) is 13.2 Å². The monoisotopic (exact) mass is 228 g/mol. The Hall–Kier alpha value is -0.610. The Kier molecular flexibility index (Phi) is 5.77. The predicted molar refractivity (Wildman–Crippen MR) is 64.4 cm³/mol. The van der Waals surface area contributed by atoms with Gasteiger partial charge in [-0.05, 0) is 46.7 Å². The first kappa shape index (κ1) is 13.5. The molecule has 94 valence electrons. The molecular weight excluding hydrogens is 204 g/mol. The summed E-state index contributed by atoms with van der Waals surface area (Å²) in [7, 11) is 4.04. The minimum Gasteiger partial charge on any atom is -0.465 e. The van der Waals surface area contributed by atoms with Crippen LogP contribution in [0.15, 0.2) is 0 Å². The number of likely N-dealkylation sites (N-methyl/N-ethyl adjacent to an activating group) is 1. The lowest BCUT2D eigenvalue weighted by Crippen LogP contribution is -2.42. The van der Waals surface area contributed by atoms with E-state index in [2.05, 4.69) is 10.2 Å².